The van der Waals surface area contributed by atoms with Crippen LogP contribution in [0.1, 0.15) is 0 Å². The van der Waals surface area contributed by atoms with E-state index in [9.17, 15) is 4.91 Å². The van der Waals surface area contributed by atoms with Gasteiger partial charge in [-0.1, -0.05) is 0 Å². The van der Waals surface area contributed by atoms with Gasteiger partial charge in [0.1, 0.15) is 5.69 Å². The molecule has 3 rings (SSSR count). The second kappa shape index (κ2) is 2.88. The molecule has 2 heterocycles. The van der Waals surface area contributed by atoms with Crippen LogP contribution in [-0.2, 0) is 0 Å². The maximum atomic E-state index is 10.8. The molecule has 72 valence electrons. The maximum absolute atomic E-state index is 10.8. The highest BCUT2D eigenvalue weighted by molar-refractivity contribution is 6.08. The lowest BCUT2D eigenvalue weighted by Crippen LogP contribution is -1.80. The standard InChI is InChI=1S/C11H7N3O/c15-14-9-7-3-1-5-12-10(7)11-8(9)4-2-6-13-11/h1-6,12H. The van der Waals surface area contributed by atoms with Gasteiger partial charge >= 0.3 is 0 Å². The summed E-state index contributed by atoms with van der Waals surface area (Å²) in [5, 5.41) is 3.87. The summed E-state index contributed by atoms with van der Waals surface area (Å²) in [7, 11) is 0. The first-order valence-corrected chi connectivity index (χ1v) is 4.59. The van der Waals surface area contributed by atoms with Gasteiger partial charge in [-0.05, 0) is 29.4 Å². The number of rotatable bonds is 1. The Morgan fingerprint density at radius 1 is 1.27 bits per heavy atom. The van der Waals surface area contributed by atoms with Crippen LogP contribution in [0.2, 0.25) is 0 Å². The minimum absolute atomic E-state index is 0.463. The third-order valence-electron chi connectivity index (χ3n) is 2.50. The molecular formula is C11H7N3O. The zero-order chi connectivity index (χ0) is 10.3. The highest BCUT2D eigenvalue weighted by atomic mass is 16.3. The normalized spacial score (nSPS) is 10.9. The van der Waals surface area contributed by atoms with Crippen LogP contribution >= 0.6 is 0 Å². The van der Waals surface area contributed by atoms with E-state index in [1.165, 1.54) is 0 Å². The summed E-state index contributed by atoms with van der Waals surface area (Å²) in [6.45, 7) is 0. The van der Waals surface area contributed by atoms with Crippen molar-refractivity contribution in [3.63, 3.8) is 0 Å². The molecule has 0 saturated carbocycles. The van der Waals surface area contributed by atoms with E-state index in [2.05, 4.69) is 15.1 Å². The molecule has 0 fully saturated rings. The lowest BCUT2D eigenvalue weighted by molar-refractivity contribution is 1.32. The molecule has 1 N–H and O–H groups in total. The second-order valence-electron chi connectivity index (χ2n) is 3.30. The molecule has 1 aromatic rings. The molecule has 0 atom stereocenters. The third-order valence-corrected chi connectivity index (χ3v) is 2.50. The summed E-state index contributed by atoms with van der Waals surface area (Å²) in [6.07, 6.45) is 3.52. The Kier molecular flexibility index (Phi) is 1.56. The first-order valence-electron chi connectivity index (χ1n) is 4.59. The third kappa shape index (κ3) is 0.985. The molecule has 0 bridgehead atoms. The Bertz CT molecular complexity index is 614. The Balaban J connectivity index is 2.60. The van der Waals surface area contributed by atoms with E-state index >= 15 is 0 Å². The monoisotopic (exact) mass is 197 g/mol. The molecule has 15 heavy (non-hydrogen) atoms. The van der Waals surface area contributed by atoms with Crippen molar-refractivity contribution in [2.24, 2.45) is 5.18 Å². The number of aromatic nitrogens is 2. The van der Waals surface area contributed by atoms with E-state index in [1.807, 2.05) is 24.4 Å². The lowest BCUT2D eigenvalue weighted by atomic mass is 10.2. The molecule has 4 nitrogen and oxygen atoms in total. The van der Waals surface area contributed by atoms with E-state index in [1.54, 1.807) is 12.3 Å². The number of H-pyrrole nitrogens is 1. The molecule has 0 unspecified atom stereocenters. The van der Waals surface area contributed by atoms with E-state index in [4.69, 9.17) is 0 Å². The fraction of sp³-hybridized carbons (Fsp3) is 0. The van der Waals surface area contributed by atoms with Gasteiger partial charge in [-0.2, -0.15) is 0 Å². The van der Waals surface area contributed by atoms with E-state index < -0.39 is 0 Å². The molecule has 0 amide bonds. The highest BCUT2D eigenvalue weighted by Crippen LogP contribution is 2.41. The highest BCUT2D eigenvalue weighted by Gasteiger charge is 2.18. The first-order chi connectivity index (χ1) is 7.42. The van der Waals surface area contributed by atoms with Crippen molar-refractivity contribution < 1.29 is 0 Å². The zero-order valence-corrected chi connectivity index (χ0v) is 7.77. The van der Waals surface area contributed by atoms with Crippen LogP contribution in [0.25, 0.3) is 22.2 Å². The van der Waals surface area contributed by atoms with Crippen molar-refractivity contribution >= 4 is 16.6 Å². The fourth-order valence-corrected chi connectivity index (χ4v) is 1.87. The van der Waals surface area contributed by atoms with E-state index in [-0.39, 0.29) is 0 Å². The lowest BCUT2D eigenvalue weighted by Gasteiger charge is -1.96. The maximum Gasteiger partial charge on any atom is 0.126 e. The Morgan fingerprint density at radius 2 is 2.20 bits per heavy atom. The SMILES string of the molecule is O=Nc1c2ccc[nH]c-2c2ncccc12. The van der Waals surface area contributed by atoms with Gasteiger partial charge in [0.05, 0.1) is 11.2 Å². The molecule has 1 aliphatic heterocycles. The smallest absolute Gasteiger partial charge is 0.126 e. The van der Waals surface area contributed by atoms with Gasteiger partial charge in [-0.3, -0.25) is 4.98 Å². The van der Waals surface area contributed by atoms with Crippen LogP contribution in [-0.4, -0.2) is 9.97 Å². The molecular weight excluding hydrogens is 190 g/mol. The summed E-state index contributed by atoms with van der Waals surface area (Å²) >= 11 is 0. The van der Waals surface area contributed by atoms with Crippen LogP contribution in [0.4, 0.5) is 5.69 Å². The van der Waals surface area contributed by atoms with Gasteiger partial charge in [-0.25, -0.2) is 0 Å². The van der Waals surface area contributed by atoms with Crippen LogP contribution < -0.4 is 0 Å². The summed E-state index contributed by atoms with van der Waals surface area (Å²) in [5.41, 5.74) is 2.94. The van der Waals surface area contributed by atoms with Crippen LogP contribution in [0.15, 0.2) is 41.8 Å². The summed E-state index contributed by atoms with van der Waals surface area (Å²) < 4.78 is 0. The summed E-state index contributed by atoms with van der Waals surface area (Å²) in [6, 6.07) is 7.36. The van der Waals surface area contributed by atoms with Crippen molar-refractivity contribution in [3.8, 4) is 11.3 Å². The predicted octanol–water partition coefficient (Wildman–Crippen LogP) is 3.07. The number of pyridine rings is 2. The van der Waals surface area contributed by atoms with Crippen LogP contribution in [0.5, 0.6) is 0 Å². The average Bonchev–Trinajstić information content (AvgIpc) is 2.63. The minimum atomic E-state index is 0.463. The quantitative estimate of drug-likeness (QED) is 0.609. The van der Waals surface area contributed by atoms with Gasteiger partial charge in [0.2, 0.25) is 0 Å². The Labute approximate surface area is 85.3 Å². The zero-order valence-electron chi connectivity index (χ0n) is 7.77. The topological polar surface area (TPSA) is 58.1 Å². The van der Waals surface area contributed by atoms with Crippen molar-refractivity contribution in [1.29, 1.82) is 0 Å². The molecule has 2 aliphatic rings. The minimum Gasteiger partial charge on any atom is -0.359 e. The average molecular weight is 197 g/mol. The Hall–Kier alpha value is -2.23. The van der Waals surface area contributed by atoms with Crippen LogP contribution in [0.3, 0.4) is 0 Å². The fourth-order valence-electron chi connectivity index (χ4n) is 1.87. The second-order valence-corrected chi connectivity index (χ2v) is 3.30. The number of nitrogens with zero attached hydrogens (tertiary/aromatic N) is 2. The predicted molar refractivity (Wildman–Crippen MR) is 58.2 cm³/mol. The van der Waals surface area contributed by atoms with Gasteiger partial charge < -0.3 is 4.98 Å². The van der Waals surface area contributed by atoms with Crippen molar-refractivity contribution in [2.75, 3.05) is 0 Å². The Morgan fingerprint density at radius 3 is 3.07 bits per heavy atom. The molecule has 1 aliphatic carbocycles. The number of fused-ring (bicyclic) bond motifs is 3. The van der Waals surface area contributed by atoms with Crippen molar-refractivity contribution in [3.05, 3.63) is 41.6 Å². The number of nitrogens with one attached hydrogen (secondary N) is 1. The van der Waals surface area contributed by atoms with Gasteiger partial charge in [-0.15, -0.1) is 4.91 Å². The number of aromatic amines is 1. The summed E-state index contributed by atoms with van der Waals surface area (Å²) in [5.74, 6) is 0. The van der Waals surface area contributed by atoms with Crippen molar-refractivity contribution in [1.82, 2.24) is 9.97 Å². The molecule has 1 aromatic heterocycles. The van der Waals surface area contributed by atoms with Gasteiger partial charge in [0.25, 0.3) is 0 Å². The van der Waals surface area contributed by atoms with Gasteiger partial charge in [0.15, 0.2) is 0 Å². The van der Waals surface area contributed by atoms with E-state index in [0.29, 0.717) is 5.69 Å². The molecule has 0 saturated heterocycles. The van der Waals surface area contributed by atoms with Gasteiger partial charge in [0, 0.05) is 23.3 Å². The van der Waals surface area contributed by atoms with Crippen molar-refractivity contribution in [2.45, 2.75) is 0 Å². The van der Waals surface area contributed by atoms with Crippen LogP contribution in [0, 0.1) is 4.91 Å². The largest absolute Gasteiger partial charge is 0.359 e. The number of hydrogen-bond donors (Lipinski definition) is 1. The molecule has 0 spiro atoms. The number of nitroso groups, excluding NO2 is 1. The van der Waals surface area contributed by atoms with E-state index in [0.717, 1.165) is 22.2 Å². The number of hydrogen-bond acceptors (Lipinski definition) is 3. The molecule has 0 radical (unpaired) electrons. The first kappa shape index (κ1) is 8.11. The molecule has 4 heteroatoms. The summed E-state index contributed by atoms with van der Waals surface area (Å²) in [4.78, 5) is 18.1. The molecule has 0 aromatic carbocycles.